The van der Waals surface area contributed by atoms with Crippen LogP contribution in [0.4, 0.5) is 0 Å². The first-order chi connectivity index (χ1) is 11.1. The maximum absolute atomic E-state index is 12.4. The molecule has 0 saturated heterocycles. The second kappa shape index (κ2) is 6.86. The number of nitrogens with one attached hydrogen (secondary N) is 2. The third kappa shape index (κ3) is 4.30. The molecule has 0 aliphatic heterocycles. The number of aromatic nitrogens is 1. The first-order valence-corrected chi connectivity index (χ1v) is 11.6. The van der Waals surface area contributed by atoms with Crippen molar-refractivity contribution >= 4 is 42.5 Å². The molecule has 8 heteroatoms. The molecule has 1 aromatic heterocycles. The first-order valence-electron chi connectivity index (χ1n) is 7.50. The zero-order valence-electron chi connectivity index (χ0n) is 14.1. The van der Waals surface area contributed by atoms with Crippen LogP contribution in [0.15, 0.2) is 18.2 Å². The highest BCUT2D eigenvalue weighted by atomic mass is 35.5. The maximum atomic E-state index is 12.4. The lowest BCUT2D eigenvalue weighted by atomic mass is 10.2. The van der Waals surface area contributed by atoms with E-state index >= 15 is 0 Å². The van der Waals surface area contributed by atoms with Gasteiger partial charge in [-0.15, -0.1) is 0 Å². The van der Waals surface area contributed by atoms with Crippen LogP contribution in [0.2, 0.25) is 30.7 Å². The number of carboxylic acid groups (broad SMARTS) is 1. The van der Waals surface area contributed by atoms with Crippen molar-refractivity contribution in [1.82, 2.24) is 10.3 Å². The number of fused-ring (bicyclic) bond motifs is 1. The molecule has 1 atom stereocenters. The predicted octanol–water partition coefficient (Wildman–Crippen LogP) is 3.35. The summed E-state index contributed by atoms with van der Waals surface area (Å²) in [5, 5.41) is 13.1. The summed E-state index contributed by atoms with van der Waals surface area (Å²) in [6.07, 6.45) is 0. The molecule has 0 fully saturated rings. The second-order valence-electron chi connectivity index (χ2n) is 6.88. The highest BCUT2D eigenvalue weighted by Gasteiger charge is 2.28. The summed E-state index contributed by atoms with van der Waals surface area (Å²) >= 11 is 6.02. The van der Waals surface area contributed by atoms with E-state index in [0.717, 1.165) is 0 Å². The second-order valence-corrected chi connectivity index (χ2v) is 12.8. The zero-order valence-corrected chi connectivity index (χ0v) is 15.8. The average Bonchev–Trinajstić information content (AvgIpc) is 2.87. The molecule has 2 aromatic rings. The van der Waals surface area contributed by atoms with E-state index in [0.29, 0.717) is 27.7 Å². The summed E-state index contributed by atoms with van der Waals surface area (Å²) in [7, 11) is -0.128. The van der Waals surface area contributed by atoms with Gasteiger partial charge in [0.1, 0.15) is 17.5 Å². The number of carbonyl (C=O) groups excluding carboxylic acids is 1. The number of amides is 1. The summed E-state index contributed by atoms with van der Waals surface area (Å²) in [6, 6.07) is 4.54. The molecule has 6 nitrogen and oxygen atoms in total. The molecule has 1 unspecified atom stereocenters. The Morgan fingerprint density at radius 1 is 1.33 bits per heavy atom. The van der Waals surface area contributed by atoms with Crippen LogP contribution in [0, 0.1) is 0 Å². The van der Waals surface area contributed by atoms with Gasteiger partial charge in [0, 0.05) is 18.5 Å². The van der Waals surface area contributed by atoms with Crippen LogP contribution in [0.5, 0.6) is 5.75 Å². The van der Waals surface area contributed by atoms with Crippen LogP contribution in [-0.4, -0.2) is 43.2 Å². The molecule has 0 aliphatic carbocycles. The van der Waals surface area contributed by atoms with Crippen molar-refractivity contribution in [2.45, 2.75) is 31.7 Å². The number of rotatable bonds is 6. The van der Waals surface area contributed by atoms with Crippen molar-refractivity contribution < 1.29 is 19.4 Å². The van der Waals surface area contributed by atoms with Crippen LogP contribution in [-0.2, 0) is 4.79 Å². The van der Waals surface area contributed by atoms with E-state index in [9.17, 15) is 14.7 Å². The lowest BCUT2D eigenvalue weighted by Gasteiger charge is -2.22. The van der Waals surface area contributed by atoms with Crippen molar-refractivity contribution in [2.24, 2.45) is 0 Å². The molecule has 0 radical (unpaired) electrons. The minimum atomic E-state index is -1.65. The molecule has 0 bridgehead atoms. The summed E-state index contributed by atoms with van der Waals surface area (Å²) in [5.41, 5.74) is 0.925. The fourth-order valence-electron chi connectivity index (χ4n) is 2.51. The Morgan fingerprint density at radius 3 is 2.54 bits per heavy atom. The normalized spacial score (nSPS) is 12.9. The van der Waals surface area contributed by atoms with E-state index in [2.05, 4.69) is 29.9 Å². The van der Waals surface area contributed by atoms with Gasteiger partial charge in [0.2, 0.25) is 0 Å². The summed E-state index contributed by atoms with van der Waals surface area (Å²) in [5.74, 6) is -0.942. The molecule has 1 amide bonds. The summed E-state index contributed by atoms with van der Waals surface area (Å²) in [4.78, 5) is 26.8. The van der Waals surface area contributed by atoms with Crippen molar-refractivity contribution in [3.63, 3.8) is 0 Å². The number of aromatic amines is 1. The summed E-state index contributed by atoms with van der Waals surface area (Å²) in [6.45, 7) is 6.18. The van der Waals surface area contributed by atoms with Gasteiger partial charge in [-0.1, -0.05) is 31.2 Å². The van der Waals surface area contributed by atoms with Crippen molar-refractivity contribution in [2.75, 3.05) is 7.11 Å². The van der Waals surface area contributed by atoms with Gasteiger partial charge in [-0.3, -0.25) is 9.59 Å². The molecule has 0 aliphatic rings. The van der Waals surface area contributed by atoms with Gasteiger partial charge in [-0.2, -0.15) is 0 Å². The number of methoxy groups -OCH3 is 1. The van der Waals surface area contributed by atoms with Crippen molar-refractivity contribution in [3.05, 3.63) is 28.9 Å². The van der Waals surface area contributed by atoms with Crippen LogP contribution in [0.3, 0.4) is 0 Å². The minimum Gasteiger partial charge on any atom is -0.496 e. The molecule has 3 N–H and O–H groups in total. The molecule has 24 heavy (non-hydrogen) atoms. The number of aliphatic carboxylic acids is 1. The number of ether oxygens (including phenoxy) is 1. The molecule has 0 spiro atoms. The van der Waals surface area contributed by atoms with Gasteiger partial charge in [-0.05, 0) is 24.2 Å². The van der Waals surface area contributed by atoms with Crippen LogP contribution in [0.1, 0.15) is 10.5 Å². The number of carbonyl (C=O) groups is 2. The highest BCUT2D eigenvalue weighted by Crippen LogP contribution is 2.30. The molecule has 0 saturated carbocycles. The van der Waals surface area contributed by atoms with Gasteiger partial charge in [0.05, 0.1) is 12.6 Å². The number of hydrogen-bond acceptors (Lipinski definition) is 3. The van der Waals surface area contributed by atoms with Crippen molar-refractivity contribution in [3.8, 4) is 5.75 Å². The Labute approximate surface area is 146 Å². The highest BCUT2D eigenvalue weighted by molar-refractivity contribution is 6.76. The van der Waals surface area contributed by atoms with E-state index in [1.165, 1.54) is 7.11 Å². The number of halogens is 1. The van der Waals surface area contributed by atoms with Crippen LogP contribution < -0.4 is 10.1 Å². The lowest BCUT2D eigenvalue weighted by molar-refractivity contribution is -0.138. The van der Waals surface area contributed by atoms with Gasteiger partial charge >= 0.3 is 5.97 Å². The summed E-state index contributed by atoms with van der Waals surface area (Å²) < 4.78 is 5.26. The monoisotopic (exact) mass is 368 g/mol. The Bertz CT molecular complexity index is 782. The third-order valence-corrected chi connectivity index (χ3v) is 5.40. The van der Waals surface area contributed by atoms with Gasteiger partial charge < -0.3 is 20.1 Å². The van der Waals surface area contributed by atoms with Gasteiger partial charge in [0.25, 0.3) is 5.91 Å². The standard InChI is InChI=1S/C16H21ClN2O4Si/c1-23-14-6-9(17)5-11-10(14)7-12(18-11)15(20)19-13(16(21)22)8-24(2,3)4/h5-7,13,18H,8H2,1-4H3,(H,19,20)(H,21,22). The van der Waals surface area contributed by atoms with E-state index in [1.54, 1.807) is 18.2 Å². The number of hydrogen-bond donors (Lipinski definition) is 3. The largest absolute Gasteiger partial charge is 0.496 e. The Morgan fingerprint density at radius 2 is 2.00 bits per heavy atom. The Kier molecular flexibility index (Phi) is 5.25. The SMILES string of the molecule is COc1cc(Cl)cc2[nH]c(C(=O)NC(C[Si](C)(C)C)C(=O)O)cc12. The average molecular weight is 369 g/mol. The zero-order chi connectivity index (χ0) is 18.1. The number of carboxylic acids is 1. The van der Waals surface area contributed by atoms with E-state index in [-0.39, 0.29) is 5.69 Å². The van der Waals surface area contributed by atoms with Gasteiger partial charge in [-0.25, -0.2) is 0 Å². The van der Waals surface area contributed by atoms with E-state index in [1.807, 2.05) is 0 Å². The minimum absolute atomic E-state index is 0.271. The molecular weight excluding hydrogens is 348 g/mol. The first kappa shape index (κ1) is 18.3. The smallest absolute Gasteiger partial charge is 0.325 e. The quantitative estimate of drug-likeness (QED) is 0.682. The topological polar surface area (TPSA) is 91.4 Å². The fraction of sp³-hybridized carbons (Fsp3) is 0.375. The number of benzene rings is 1. The third-order valence-electron chi connectivity index (χ3n) is 3.55. The molecule has 1 heterocycles. The maximum Gasteiger partial charge on any atom is 0.325 e. The number of H-pyrrole nitrogens is 1. The Balaban J connectivity index is 2.29. The lowest BCUT2D eigenvalue weighted by Crippen LogP contribution is -2.45. The van der Waals surface area contributed by atoms with Crippen LogP contribution >= 0.6 is 11.6 Å². The van der Waals surface area contributed by atoms with Crippen LogP contribution in [0.25, 0.3) is 10.9 Å². The van der Waals surface area contributed by atoms with Gasteiger partial charge in [0.15, 0.2) is 0 Å². The fourth-order valence-corrected chi connectivity index (χ4v) is 4.22. The Hall–Kier alpha value is -1.99. The van der Waals surface area contributed by atoms with Crippen molar-refractivity contribution in [1.29, 1.82) is 0 Å². The molecular formula is C16H21ClN2O4Si. The molecule has 1 aromatic carbocycles. The van der Waals surface area contributed by atoms with E-state index < -0.39 is 26.0 Å². The predicted molar refractivity (Wildman–Crippen MR) is 96.9 cm³/mol. The van der Waals surface area contributed by atoms with E-state index in [4.69, 9.17) is 16.3 Å². The molecule has 2 rings (SSSR count). The molecule has 130 valence electrons.